The number of carbonyl (C=O) groups excluding carboxylic acids is 1. The molecule has 0 saturated heterocycles. The molecule has 0 saturated carbocycles. The van der Waals surface area contributed by atoms with Crippen molar-refractivity contribution in [2.45, 2.75) is 46.1 Å². The highest BCUT2D eigenvalue weighted by molar-refractivity contribution is 5.82. The number of amides is 1. The predicted octanol–water partition coefficient (Wildman–Crippen LogP) is 2.68. The molecule has 112 valence electrons. The van der Waals surface area contributed by atoms with Crippen molar-refractivity contribution in [3.63, 3.8) is 0 Å². The zero-order valence-corrected chi connectivity index (χ0v) is 13.0. The van der Waals surface area contributed by atoms with E-state index in [9.17, 15) is 9.59 Å². The van der Waals surface area contributed by atoms with Gasteiger partial charge in [0.2, 0.25) is 5.91 Å². The molecule has 4 nitrogen and oxygen atoms in total. The molecule has 0 bridgehead atoms. The van der Waals surface area contributed by atoms with Crippen LogP contribution in [0.2, 0.25) is 0 Å². The summed E-state index contributed by atoms with van der Waals surface area (Å²) in [6, 6.07) is 7.78. The maximum Gasteiger partial charge on any atom is 0.251 e. The molecule has 0 aliphatic heterocycles. The Bertz CT molecular complexity index is 724. The molecule has 1 aromatic heterocycles. The zero-order valence-electron chi connectivity index (χ0n) is 13.0. The number of aromatic amines is 1. The number of para-hydroxylation sites is 1. The van der Waals surface area contributed by atoms with Crippen LogP contribution in [0.15, 0.2) is 29.1 Å². The average molecular weight is 286 g/mol. The summed E-state index contributed by atoms with van der Waals surface area (Å²) in [5, 5.41) is 3.90. The molecule has 1 aromatic carbocycles. The van der Waals surface area contributed by atoms with E-state index in [0.29, 0.717) is 18.4 Å². The van der Waals surface area contributed by atoms with E-state index in [1.54, 1.807) is 0 Å². The van der Waals surface area contributed by atoms with E-state index in [0.717, 1.165) is 16.5 Å². The van der Waals surface area contributed by atoms with Crippen molar-refractivity contribution in [1.29, 1.82) is 0 Å². The lowest BCUT2D eigenvalue weighted by Crippen LogP contribution is -2.40. The Labute approximate surface area is 124 Å². The maximum atomic E-state index is 12.1. The summed E-state index contributed by atoms with van der Waals surface area (Å²) in [6.45, 7) is 7.79. The van der Waals surface area contributed by atoms with Crippen molar-refractivity contribution < 1.29 is 4.79 Å². The third-order valence-corrected chi connectivity index (χ3v) is 3.30. The SMILES string of the molecule is Cc1cccc2cc(CCC(=O)NC(C)(C)C)c(=O)[nH]c12. The molecule has 0 radical (unpaired) electrons. The molecule has 0 atom stereocenters. The largest absolute Gasteiger partial charge is 0.351 e. The van der Waals surface area contributed by atoms with E-state index >= 15 is 0 Å². The summed E-state index contributed by atoms with van der Waals surface area (Å²) in [4.78, 5) is 26.8. The Morgan fingerprint density at radius 2 is 2.00 bits per heavy atom. The first kappa shape index (κ1) is 15.3. The number of aryl methyl sites for hydroxylation is 2. The first-order valence-corrected chi connectivity index (χ1v) is 7.19. The molecular formula is C17H22N2O2. The van der Waals surface area contributed by atoms with Crippen molar-refractivity contribution >= 4 is 16.8 Å². The summed E-state index contributed by atoms with van der Waals surface area (Å²) < 4.78 is 0. The van der Waals surface area contributed by atoms with Crippen molar-refractivity contribution in [2.75, 3.05) is 0 Å². The Morgan fingerprint density at radius 1 is 1.29 bits per heavy atom. The molecule has 0 spiro atoms. The van der Waals surface area contributed by atoms with E-state index in [-0.39, 0.29) is 17.0 Å². The molecule has 1 heterocycles. The highest BCUT2D eigenvalue weighted by Gasteiger charge is 2.14. The number of hydrogen-bond donors (Lipinski definition) is 2. The number of fused-ring (bicyclic) bond motifs is 1. The molecule has 0 unspecified atom stereocenters. The van der Waals surface area contributed by atoms with Crippen molar-refractivity contribution in [3.8, 4) is 0 Å². The highest BCUT2D eigenvalue weighted by Crippen LogP contribution is 2.15. The molecule has 1 amide bonds. The van der Waals surface area contributed by atoms with Gasteiger partial charge in [-0.2, -0.15) is 0 Å². The first-order valence-electron chi connectivity index (χ1n) is 7.19. The van der Waals surface area contributed by atoms with Crippen LogP contribution in [0.5, 0.6) is 0 Å². The van der Waals surface area contributed by atoms with Crippen LogP contribution >= 0.6 is 0 Å². The Hall–Kier alpha value is -2.10. The summed E-state index contributed by atoms with van der Waals surface area (Å²) in [7, 11) is 0. The predicted molar refractivity (Wildman–Crippen MR) is 85.5 cm³/mol. The topological polar surface area (TPSA) is 62.0 Å². The molecule has 0 aliphatic carbocycles. The van der Waals surface area contributed by atoms with Crippen LogP contribution < -0.4 is 10.9 Å². The number of pyridine rings is 1. The van der Waals surface area contributed by atoms with Gasteiger partial charge in [0.15, 0.2) is 0 Å². The van der Waals surface area contributed by atoms with E-state index in [1.807, 2.05) is 52.0 Å². The molecule has 2 aromatic rings. The van der Waals surface area contributed by atoms with Crippen LogP contribution in [0.4, 0.5) is 0 Å². The van der Waals surface area contributed by atoms with Crippen LogP contribution in [0.25, 0.3) is 10.9 Å². The second-order valence-electron chi connectivity index (χ2n) is 6.46. The number of hydrogen-bond acceptors (Lipinski definition) is 2. The van der Waals surface area contributed by atoms with Crippen LogP contribution in [-0.4, -0.2) is 16.4 Å². The molecule has 0 fully saturated rings. The lowest BCUT2D eigenvalue weighted by atomic mass is 10.0. The van der Waals surface area contributed by atoms with Gasteiger partial charge in [0, 0.05) is 17.5 Å². The third kappa shape index (κ3) is 3.94. The summed E-state index contributed by atoms with van der Waals surface area (Å²) in [5.74, 6) is -0.0359. The minimum absolute atomic E-state index is 0.0359. The zero-order chi connectivity index (χ0) is 15.6. The number of nitrogens with one attached hydrogen (secondary N) is 2. The van der Waals surface area contributed by atoms with E-state index in [1.165, 1.54) is 0 Å². The van der Waals surface area contributed by atoms with Gasteiger partial charge in [0.25, 0.3) is 5.56 Å². The summed E-state index contributed by atoms with van der Waals surface area (Å²) in [5.41, 5.74) is 2.20. The summed E-state index contributed by atoms with van der Waals surface area (Å²) in [6.07, 6.45) is 0.763. The van der Waals surface area contributed by atoms with Crippen LogP contribution in [-0.2, 0) is 11.2 Å². The fourth-order valence-corrected chi connectivity index (χ4v) is 2.34. The molecule has 0 aliphatic rings. The lowest BCUT2D eigenvalue weighted by Gasteiger charge is -2.20. The van der Waals surface area contributed by atoms with Crippen LogP contribution in [0.1, 0.15) is 38.3 Å². The normalized spacial score (nSPS) is 11.6. The Morgan fingerprint density at radius 3 is 2.67 bits per heavy atom. The lowest BCUT2D eigenvalue weighted by molar-refractivity contribution is -0.122. The fourth-order valence-electron chi connectivity index (χ4n) is 2.34. The van der Waals surface area contributed by atoms with E-state index in [2.05, 4.69) is 10.3 Å². The van der Waals surface area contributed by atoms with Crippen LogP contribution in [0.3, 0.4) is 0 Å². The second-order valence-corrected chi connectivity index (χ2v) is 6.46. The van der Waals surface area contributed by atoms with Gasteiger partial charge in [0.05, 0.1) is 5.52 Å². The number of H-pyrrole nitrogens is 1. The van der Waals surface area contributed by atoms with Gasteiger partial charge in [-0.15, -0.1) is 0 Å². The molecule has 2 N–H and O–H groups in total. The molecule has 2 rings (SSSR count). The van der Waals surface area contributed by atoms with Gasteiger partial charge < -0.3 is 10.3 Å². The number of aromatic nitrogens is 1. The fraction of sp³-hybridized carbons (Fsp3) is 0.412. The Balaban J connectivity index is 2.18. The number of rotatable bonds is 3. The van der Waals surface area contributed by atoms with Gasteiger partial charge in [-0.1, -0.05) is 18.2 Å². The molecule has 4 heteroatoms. The standard InChI is InChI=1S/C17H22N2O2/c1-11-6-5-7-12-10-13(16(21)18-15(11)12)8-9-14(20)19-17(2,3)4/h5-7,10H,8-9H2,1-4H3,(H,18,21)(H,19,20). The van der Waals surface area contributed by atoms with Crippen molar-refractivity contribution in [2.24, 2.45) is 0 Å². The third-order valence-electron chi connectivity index (χ3n) is 3.30. The summed E-state index contributed by atoms with van der Waals surface area (Å²) >= 11 is 0. The highest BCUT2D eigenvalue weighted by atomic mass is 16.1. The monoisotopic (exact) mass is 286 g/mol. The van der Waals surface area contributed by atoms with E-state index in [4.69, 9.17) is 0 Å². The van der Waals surface area contributed by atoms with Gasteiger partial charge in [-0.05, 0) is 51.1 Å². The van der Waals surface area contributed by atoms with Gasteiger partial charge >= 0.3 is 0 Å². The second kappa shape index (κ2) is 5.72. The minimum Gasteiger partial charge on any atom is -0.351 e. The van der Waals surface area contributed by atoms with E-state index < -0.39 is 0 Å². The van der Waals surface area contributed by atoms with Crippen LogP contribution in [0, 0.1) is 6.92 Å². The number of benzene rings is 1. The van der Waals surface area contributed by atoms with Crippen molar-refractivity contribution in [1.82, 2.24) is 10.3 Å². The van der Waals surface area contributed by atoms with Gasteiger partial charge in [-0.3, -0.25) is 9.59 Å². The number of carbonyl (C=O) groups is 1. The Kier molecular flexibility index (Phi) is 4.16. The average Bonchev–Trinajstić information content (AvgIpc) is 2.35. The molecular weight excluding hydrogens is 264 g/mol. The quantitative estimate of drug-likeness (QED) is 0.911. The van der Waals surface area contributed by atoms with Crippen molar-refractivity contribution in [3.05, 3.63) is 45.7 Å². The van der Waals surface area contributed by atoms with Gasteiger partial charge in [0.1, 0.15) is 0 Å². The molecule has 21 heavy (non-hydrogen) atoms. The maximum absolute atomic E-state index is 12.1. The minimum atomic E-state index is -0.246. The first-order chi connectivity index (χ1) is 9.76. The smallest absolute Gasteiger partial charge is 0.251 e. The van der Waals surface area contributed by atoms with Gasteiger partial charge in [-0.25, -0.2) is 0 Å².